The zero-order chi connectivity index (χ0) is 15.0. The van der Waals surface area contributed by atoms with E-state index in [1.807, 2.05) is 0 Å². The molecule has 106 valence electrons. The second kappa shape index (κ2) is 4.73. The summed E-state index contributed by atoms with van der Waals surface area (Å²) in [6.45, 7) is 0. The Bertz CT molecular complexity index is 564. The highest BCUT2D eigenvalue weighted by Gasteiger charge is 2.55. The van der Waals surface area contributed by atoms with Crippen molar-refractivity contribution < 1.29 is 19.8 Å². The van der Waals surface area contributed by atoms with Gasteiger partial charge in [-0.15, -0.1) is 0 Å². The summed E-state index contributed by atoms with van der Waals surface area (Å²) in [4.78, 5) is 23.3. The van der Waals surface area contributed by atoms with E-state index in [4.69, 9.17) is 11.5 Å². The maximum Gasteiger partial charge on any atom is 0.325 e. The minimum atomic E-state index is -2.12. The lowest BCUT2D eigenvalue weighted by molar-refractivity contribution is -0.161. The summed E-state index contributed by atoms with van der Waals surface area (Å²) < 4.78 is 0. The lowest BCUT2D eigenvalue weighted by Gasteiger charge is -2.39. The molecule has 20 heavy (non-hydrogen) atoms. The van der Waals surface area contributed by atoms with Crippen LogP contribution in [0, 0.1) is 5.41 Å². The molecule has 0 radical (unpaired) electrons. The van der Waals surface area contributed by atoms with Gasteiger partial charge in [0.2, 0.25) is 0 Å². The average Bonchev–Trinajstić information content (AvgIpc) is 2.38. The Morgan fingerprint density at radius 3 is 2.10 bits per heavy atom. The number of carboxylic acids is 2. The quantitative estimate of drug-likeness (QED) is 0.474. The maximum absolute atomic E-state index is 11.7. The van der Waals surface area contributed by atoms with Crippen LogP contribution in [0.25, 0.3) is 5.57 Å². The van der Waals surface area contributed by atoms with Gasteiger partial charge in [0, 0.05) is 6.42 Å². The Morgan fingerprint density at radius 2 is 1.60 bits per heavy atom. The fourth-order valence-corrected chi connectivity index (χ4v) is 2.58. The number of hydrogen-bond donors (Lipinski definition) is 4. The van der Waals surface area contributed by atoms with Gasteiger partial charge in [-0.1, -0.05) is 36.4 Å². The van der Waals surface area contributed by atoms with Crippen LogP contribution in [0.5, 0.6) is 0 Å². The van der Waals surface area contributed by atoms with E-state index in [0.717, 1.165) is 0 Å². The van der Waals surface area contributed by atoms with Crippen LogP contribution in [-0.4, -0.2) is 27.8 Å². The Hall–Kier alpha value is -2.18. The van der Waals surface area contributed by atoms with Crippen LogP contribution in [0.4, 0.5) is 0 Å². The first-order valence-corrected chi connectivity index (χ1v) is 6.10. The SMILES string of the molecule is NC1(N)CC=C(c2ccccc2)C(C(=O)O)(C(=O)O)C1. The van der Waals surface area contributed by atoms with Gasteiger partial charge < -0.3 is 21.7 Å². The fourth-order valence-electron chi connectivity index (χ4n) is 2.58. The second-order valence-corrected chi connectivity index (χ2v) is 5.11. The summed E-state index contributed by atoms with van der Waals surface area (Å²) in [7, 11) is 0. The van der Waals surface area contributed by atoms with Gasteiger partial charge in [0.15, 0.2) is 5.41 Å². The zero-order valence-corrected chi connectivity index (χ0v) is 10.7. The van der Waals surface area contributed by atoms with E-state index in [1.165, 1.54) is 6.08 Å². The summed E-state index contributed by atoms with van der Waals surface area (Å²) in [6.07, 6.45) is 1.38. The van der Waals surface area contributed by atoms with Crippen LogP contribution in [0.15, 0.2) is 36.4 Å². The lowest BCUT2D eigenvalue weighted by atomic mass is 9.66. The van der Waals surface area contributed by atoms with Gasteiger partial charge >= 0.3 is 11.9 Å². The third-order valence-corrected chi connectivity index (χ3v) is 3.56. The van der Waals surface area contributed by atoms with E-state index in [2.05, 4.69) is 0 Å². The van der Waals surface area contributed by atoms with Crippen LogP contribution in [0.2, 0.25) is 0 Å². The predicted octanol–water partition coefficient (Wildman–Crippen LogP) is 0.633. The molecule has 0 unspecified atom stereocenters. The molecule has 6 heteroatoms. The van der Waals surface area contributed by atoms with Crippen molar-refractivity contribution in [2.75, 3.05) is 0 Å². The molecule has 0 spiro atoms. The highest BCUT2D eigenvalue weighted by molar-refractivity contribution is 6.11. The van der Waals surface area contributed by atoms with Crippen molar-refractivity contribution in [3.8, 4) is 0 Å². The fraction of sp³-hybridized carbons (Fsp3) is 0.286. The summed E-state index contributed by atoms with van der Waals surface area (Å²) in [5.74, 6) is -2.92. The standard InChI is InChI=1S/C14H16N2O4/c15-13(16)7-6-10(9-4-2-1-3-5-9)14(8-13,11(17)18)12(19)20/h1-6H,7-8,15-16H2,(H,17,18)(H,19,20). The highest BCUT2D eigenvalue weighted by Crippen LogP contribution is 2.45. The summed E-state index contributed by atoms with van der Waals surface area (Å²) >= 11 is 0. The Morgan fingerprint density at radius 1 is 1.05 bits per heavy atom. The molecule has 6 nitrogen and oxygen atoms in total. The van der Waals surface area contributed by atoms with Crippen LogP contribution in [0.1, 0.15) is 18.4 Å². The number of carboxylic acid groups (broad SMARTS) is 2. The van der Waals surface area contributed by atoms with Crippen molar-refractivity contribution in [2.45, 2.75) is 18.5 Å². The van der Waals surface area contributed by atoms with E-state index in [9.17, 15) is 19.8 Å². The number of hydrogen-bond acceptors (Lipinski definition) is 4. The molecule has 0 saturated carbocycles. The third-order valence-electron chi connectivity index (χ3n) is 3.56. The summed E-state index contributed by atoms with van der Waals surface area (Å²) in [6, 6.07) is 8.56. The molecule has 1 aliphatic carbocycles. The zero-order valence-electron chi connectivity index (χ0n) is 10.7. The number of carbonyl (C=O) groups is 2. The minimum Gasteiger partial charge on any atom is -0.480 e. The molecular formula is C14H16N2O4. The van der Waals surface area contributed by atoms with Gasteiger partial charge in [0.25, 0.3) is 0 Å². The van der Waals surface area contributed by atoms with Crippen LogP contribution in [0.3, 0.4) is 0 Å². The predicted molar refractivity (Wildman–Crippen MR) is 72.5 cm³/mol. The first kappa shape index (κ1) is 14.2. The number of nitrogens with two attached hydrogens (primary N) is 2. The van der Waals surface area contributed by atoms with Gasteiger partial charge in [-0.05, 0) is 17.6 Å². The molecule has 0 fully saturated rings. The van der Waals surface area contributed by atoms with Gasteiger partial charge in [-0.2, -0.15) is 0 Å². The molecule has 1 aliphatic rings. The van der Waals surface area contributed by atoms with E-state index >= 15 is 0 Å². The van der Waals surface area contributed by atoms with Crippen LogP contribution < -0.4 is 11.5 Å². The molecule has 6 N–H and O–H groups in total. The normalized spacial score (nSPS) is 20.0. The van der Waals surface area contributed by atoms with Gasteiger partial charge in [0.1, 0.15) is 0 Å². The van der Waals surface area contributed by atoms with Crippen molar-refractivity contribution in [1.29, 1.82) is 0 Å². The number of benzene rings is 1. The van der Waals surface area contributed by atoms with E-state index < -0.39 is 23.0 Å². The molecule has 0 amide bonds. The van der Waals surface area contributed by atoms with E-state index in [0.29, 0.717) is 5.56 Å². The van der Waals surface area contributed by atoms with Crippen molar-refractivity contribution in [1.82, 2.24) is 0 Å². The maximum atomic E-state index is 11.7. The lowest BCUT2D eigenvalue weighted by Crippen LogP contribution is -2.58. The molecule has 0 bridgehead atoms. The molecule has 0 aliphatic heterocycles. The largest absolute Gasteiger partial charge is 0.480 e. The van der Waals surface area contributed by atoms with Crippen LogP contribution >= 0.6 is 0 Å². The highest BCUT2D eigenvalue weighted by atomic mass is 16.4. The Balaban J connectivity index is 2.65. The molecular weight excluding hydrogens is 260 g/mol. The molecule has 0 aromatic heterocycles. The topological polar surface area (TPSA) is 127 Å². The summed E-state index contributed by atoms with van der Waals surface area (Å²) in [5, 5.41) is 19.0. The van der Waals surface area contributed by atoms with Crippen LogP contribution in [-0.2, 0) is 9.59 Å². The monoisotopic (exact) mass is 276 g/mol. The Labute approximate surface area is 115 Å². The average molecular weight is 276 g/mol. The van der Waals surface area contributed by atoms with Crippen molar-refractivity contribution in [3.63, 3.8) is 0 Å². The molecule has 0 saturated heterocycles. The molecule has 0 atom stereocenters. The minimum absolute atomic E-state index is 0.222. The van der Waals surface area contributed by atoms with Gasteiger partial charge in [-0.3, -0.25) is 9.59 Å². The van der Waals surface area contributed by atoms with Crippen molar-refractivity contribution in [3.05, 3.63) is 42.0 Å². The number of rotatable bonds is 3. The second-order valence-electron chi connectivity index (χ2n) is 5.11. The van der Waals surface area contributed by atoms with Crippen molar-refractivity contribution >= 4 is 17.5 Å². The molecule has 1 aromatic rings. The molecule has 0 heterocycles. The van der Waals surface area contributed by atoms with Gasteiger partial charge in [-0.25, -0.2) is 0 Å². The first-order valence-electron chi connectivity index (χ1n) is 6.10. The first-order chi connectivity index (χ1) is 9.29. The summed E-state index contributed by atoms with van der Waals surface area (Å²) in [5.41, 5.74) is 8.85. The molecule has 2 rings (SSSR count). The van der Waals surface area contributed by atoms with Gasteiger partial charge in [0.05, 0.1) is 5.66 Å². The van der Waals surface area contributed by atoms with E-state index in [-0.39, 0.29) is 18.4 Å². The number of aliphatic carboxylic acids is 2. The smallest absolute Gasteiger partial charge is 0.325 e. The Kier molecular flexibility index (Phi) is 3.37. The van der Waals surface area contributed by atoms with E-state index in [1.54, 1.807) is 30.3 Å². The van der Waals surface area contributed by atoms with Crippen molar-refractivity contribution in [2.24, 2.45) is 16.9 Å². The third kappa shape index (κ3) is 2.19. The molecule has 1 aromatic carbocycles.